The fourth-order valence-corrected chi connectivity index (χ4v) is 4.30. The first-order valence-corrected chi connectivity index (χ1v) is 7.93. The summed E-state index contributed by atoms with van der Waals surface area (Å²) in [5, 5.41) is 0. The van der Waals surface area contributed by atoms with Gasteiger partial charge in [-0.1, -0.05) is 11.3 Å². The summed E-state index contributed by atoms with van der Waals surface area (Å²) in [5.74, 6) is 0.703. The number of hydrogen-bond acceptors (Lipinski definition) is 5. The van der Waals surface area contributed by atoms with Crippen LogP contribution in [0.3, 0.4) is 0 Å². The van der Waals surface area contributed by atoms with E-state index in [2.05, 4.69) is 9.71 Å². The number of sulfonamides is 1. The number of hydrogen-bond donors (Lipinski definition) is 2. The van der Waals surface area contributed by atoms with Gasteiger partial charge in [-0.05, 0) is 26.0 Å². The Morgan fingerprint density at radius 3 is 2.79 bits per heavy atom. The zero-order valence-corrected chi connectivity index (χ0v) is 12.1. The summed E-state index contributed by atoms with van der Waals surface area (Å²) in [6.07, 6.45) is 1.99. The second kappa shape index (κ2) is 5.32. The van der Waals surface area contributed by atoms with Crippen LogP contribution in [0.15, 0.2) is 31.8 Å². The largest absolute Gasteiger partial charge is 0.469 e. The molecule has 0 aromatic carbocycles. The molecule has 2 aromatic rings. The van der Waals surface area contributed by atoms with Crippen molar-refractivity contribution >= 4 is 21.4 Å². The molecule has 2 rings (SSSR count). The van der Waals surface area contributed by atoms with Crippen molar-refractivity contribution in [2.45, 2.75) is 30.5 Å². The first kappa shape index (κ1) is 14.0. The Labute approximate surface area is 114 Å². The third-order valence-corrected chi connectivity index (χ3v) is 5.66. The van der Waals surface area contributed by atoms with Crippen molar-refractivity contribution in [2.75, 3.05) is 0 Å². The molecule has 8 heteroatoms. The lowest BCUT2D eigenvalue weighted by molar-refractivity contribution is 0.479. The van der Waals surface area contributed by atoms with Crippen molar-refractivity contribution in [3.05, 3.63) is 39.5 Å². The van der Waals surface area contributed by atoms with Gasteiger partial charge in [0.05, 0.1) is 6.26 Å². The molecule has 0 saturated carbocycles. The molecule has 0 spiro atoms. The van der Waals surface area contributed by atoms with Gasteiger partial charge >= 0.3 is 4.87 Å². The lowest BCUT2D eigenvalue weighted by Gasteiger charge is -2.12. The minimum absolute atomic E-state index is 0.0313. The van der Waals surface area contributed by atoms with Crippen molar-refractivity contribution in [3.8, 4) is 0 Å². The normalized spacial score (nSPS) is 13.6. The Morgan fingerprint density at radius 1 is 1.53 bits per heavy atom. The maximum Gasteiger partial charge on any atom is 0.305 e. The summed E-state index contributed by atoms with van der Waals surface area (Å²) in [4.78, 5) is 13.2. The third-order valence-electron chi connectivity index (χ3n) is 2.47. The molecule has 1 atom stereocenters. The first-order chi connectivity index (χ1) is 8.88. The highest BCUT2D eigenvalue weighted by Crippen LogP contribution is 2.16. The molecule has 2 aromatic heterocycles. The predicted molar refractivity (Wildman–Crippen MR) is 71.9 cm³/mol. The van der Waals surface area contributed by atoms with Gasteiger partial charge in [-0.15, -0.1) is 0 Å². The quantitative estimate of drug-likeness (QED) is 0.869. The van der Waals surface area contributed by atoms with E-state index in [1.54, 1.807) is 32.2 Å². The Balaban J connectivity index is 2.13. The molecule has 0 aliphatic rings. The van der Waals surface area contributed by atoms with Gasteiger partial charge in [0.15, 0.2) is 4.21 Å². The topological polar surface area (TPSA) is 92.2 Å². The molecule has 0 fully saturated rings. The average molecular weight is 302 g/mol. The molecule has 0 aliphatic carbocycles. The molecule has 2 heterocycles. The molecule has 104 valence electrons. The predicted octanol–water partition coefficient (Wildman–Crippen LogP) is 1.25. The van der Waals surface area contributed by atoms with Crippen LogP contribution in [-0.4, -0.2) is 19.4 Å². The monoisotopic (exact) mass is 302 g/mol. The van der Waals surface area contributed by atoms with Crippen LogP contribution in [0.5, 0.6) is 0 Å². The van der Waals surface area contributed by atoms with Crippen LogP contribution in [0, 0.1) is 6.92 Å². The van der Waals surface area contributed by atoms with Crippen LogP contribution >= 0.6 is 11.3 Å². The van der Waals surface area contributed by atoms with Gasteiger partial charge in [-0.25, -0.2) is 13.1 Å². The minimum atomic E-state index is -3.68. The van der Waals surface area contributed by atoms with Crippen molar-refractivity contribution in [1.29, 1.82) is 0 Å². The van der Waals surface area contributed by atoms with Gasteiger partial charge in [-0.2, -0.15) is 0 Å². The summed E-state index contributed by atoms with van der Waals surface area (Å²) in [6.45, 7) is 3.30. The van der Waals surface area contributed by atoms with Crippen LogP contribution in [0.4, 0.5) is 0 Å². The maximum atomic E-state index is 12.1. The summed E-state index contributed by atoms with van der Waals surface area (Å²) in [6, 6.07) is 3.20. The van der Waals surface area contributed by atoms with E-state index in [0.29, 0.717) is 29.2 Å². The SMILES string of the molecule is Cc1[nH]c(=O)sc1S(=O)(=O)NC(C)Cc1ccco1. The van der Waals surface area contributed by atoms with Crippen LogP contribution in [0.25, 0.3) is 0 Å². The fraction of sp³-hybridized carbons (Fsp3) is 0.364. The van der Waals surface area contributed by atoms with Gasteiger partial charge in [0.25, 0.3) is 10.0 Å². The molecule has 0 saturated heterocycles. The molecule has 0 radical (unpaired) electrons. The summed E-state index contributed by atoms with van der Waals surface area (Å²) in [5.41, 5.74) is 0.354. The number of nitrogens with one attached hydrogen (secondary N) is 2. The highest BCUT2D eigenvalue weighted by molar-refractivity contribution is 7.91. The van der Waals surface area contributed by atoms with Crippen LogP contribution in [0.2, 0.25) is 0 Å². The summed E-state index contributed by atoms with van der Waals surface area (Å²) < 4.78 is 32.0. The van der Waals surface area contributed by atoms with E-state index in [9.17, 15) is 13.2 Å². The van der Waals surface area contributed by atoms with E-state index in [0.717, 1.165) is 0 Å². The van der Waals surface area contributed by atoms with Crippen LogP contribution < -0.4 is 9.60 Å². The number of aromatic nitrogens is 1. The lowest BCUT2D eigenvalue weighted by Crippen LogP contribution is -2.33. The second-order valence-electron chi connectivity index (χ2n) is 4.23. The molecular formula is C11H14N2O4S2. The second-order valence-corrected chi connectivity index (χ2v) is 7.13. The highest BCUT2D eigenvalue weighted by atomic mass is 32.2. The van der Waals surface area contributed by atoms with E-state index >= 15 is 0 Å². The Hall–Kier alpha value is -1.38. The fourth-order valence-electron chi connectivity index (χ4n) is 1.74. The van der Waals surface area contributed by atoms with E-state index in [1.807, 2.05) is 0 Å². The number of aryl methyl sites for hydroxylation is 1. The first-order valence-electron chi connectivity index (χ1n) is 5.63. The Morgan fingerprint density at radius 2 is 2.26 bits per heavy atom. The van der Waals surface area contributed by atoms with Crippen molar-refractivity contribution in [3.63, 3.8) is 0 Å². The van der Waals surface area contributed by atoms with E-state index in [4.69, 9.17) is 4.42 Å². The standard InChI is InChI=1S/C11H14N2O4S2/c1-7(6-9-4-3-5-17-9)13-19(15,16)10-8(2)12-11(14)18-10/h3-5,7,13H,6H2,1-2H3,(H,12,14). The van der Waals surface area contributed by atoms with E-state index in [1.165, 1.54) is 0 Å². The summed E-state index contributed by atoms with van der Waals surface area (Å²) >= 11 is 0.686. The lowest BCUT2D eigenvalue weighted by atomic mass is 10.2. The molecule has 0 bridgehead atoms. The molecule has 0 aliphatic heterocycles. The van der Waals surface area contributed by atoms with Gasteiger partial charge < -0.3 is 9.40 Å². The molecule has 2 N–H and O–H groups in total. The zero-order valence-electron chi connectivity index (χ0n) is 10.5. The number of rotatable bonds is 5. The Kier molecular flexibility index (Phi) is 3.93. The summed E-state index contributed by atoms with van der Waals surface area (Å²) in [7, 11) is -3.68. The van der Waals surface area contributed by atoms with Gasteiger partial charge in [0.1, 0.15) is 5.76 Å². The van der Waals surface area contributed by atoms with Crippen molar-refractivity contribution in [1.82, 2.24) is 9.71 Å². The van der Waals surface area contributed by atoms with Gasteiger partial charge in [0, 0.05) is 18.2 Å². The highest BCUT2D eigenvalue weighted by Gasteiger charge is 2.23. The Bertz CT molecular complexity index is 697. The molecule has 19 heavy (non-hydrogen) atoms. The zero-order chi connectivity index (χ0) is 14.0. The smallest absolute Gasteiger partial charge is 0.305 e. The van der Waals surface area contributed by atoms with Crippen LogP contribution in [0.1, 0.15) is 18.4 Å². The van der Waals surface area contributed by atoms with Gasteiger partial charge in [0.2, 0.25) is 0 Å². The molecule has 1 unspecified atom stereocenters. The molecular weight excluding hydrogens is 288 g/mol. The molecule has 0 amide bonds. The number of H-pyrrole nitrogens is 1. The van der Waals surface area contributed by atoms with E-state index < -0.39 is 10.0 Å². The van der Waals surface area contributed by atoms with Crippen LogP contribution in [-0.2, 0) is 16.4 Å². The van der Waals surface area contributed by atoms with Gasteiger partial charge in [-0.3, -0.25) is 4.79 Å². The molecule has 6 nitrogen and oxygen atoms in total. The number of thiazole rings is 1. The number of aromatic amines is 1. The number of furan rings is 1. The minimum Gasteiger partial charge on any atom is -0.469 e. The average Bonchev–Trinajstić information content (AvgIpc) is 2.87. The van der Waals surface area contributed by atoms with Crippen molar-refractivity contribution < 1.29 is 12.8 Å². The third kappa shape index (κ3) is 3.34. The van der Waals surface area contributed by atoms with E-state index in [-0.39, 0.29) is 15.1 Å². The van der Waals surface area contributed by atoms with Crippen molar-refractivity contribution in [2.24, 2.45) is 0 Å². The maximum absolute atomic E-state index is 12.1.